The third kappa shape index (κ3) is 4.50. The first kappa shape index (κ1) is 14.3. The summed E-state index contributed by atoms with van der Waals surface area (Å²) in [7, 11) is 0. The molecule has 1 N–H and O–H groups in total. The first-order valence-corrected chi connectivity index (χ1v) is 6.86. The highest BCUT2D eigenvalue weighted by atomic mass is 35.5. The highest BCUT2D eigenvalue weighted by molar-refractivity contribution is 6.42. The molecule has 0 amide bonds. The monoisotopic (exact) mass is 315 g/mol. The van der Waals surface area contributed by atoms with E-state index in [1.54, 1.807) is 24.3 Å². The molecule has 0 saturated heterocycles. The van der Waals surface area contributed by atoms with Crippen LogP contribution in [0.25, 0.3) is 0 Å². The smallest absolute Gasteiger partial charge is 0.119 e. The average Bonchev–Trinajstić information content (AvgIpc) is 2.41. The lowest BCUT2D eigenvalue weighted by Gasteiger charge is -2.09. The van der Waals surface area contributed by atoms with Crippen LogP contribution in [0.2, 0.25) is 15.1 Å². The summed E-state index contributed by atoms with van der Waals surface area (Å²) in [4.78, 5) is 0. The van der Waals surface area contributed by atoms with E-state index in [9.17, 15) is 0 Å². The summed E-state index contributed by atoms with van der Waals surface area (Å²) in [6.45, 7) is 1.21. The second-order valence-corrected chi connectivity index (χ2v) is 5.11. The van der Waals surface area contributed by atoms with E-state index in [0.29, 0.717) is 28.2 Å². The molecule has 0 unspecified atom stereocenters. The topological polar surface area (TPSA) is 21.3 Å². The molecule has 2 nitrogen and oxygen atoms in total. The number of hydrogen-bond donors (Lipinski definition) is 1. The molecule has 0 atom stereocenters. The van der Waals surface area contributed by atoms with Gasteiger partial charge in [-0.05, 0) is 42.5 Å². The lowest BCUT2D eigenvalue weighted by molar-refractivity contribution is 0.333. The van der Waals surface area contributed by atoms with Gasteiger partial charge in [-0.25, -0.2) is 0 Å². The lowest BCUT2D eigenvalue weighted by Crippen LogP contribution is -2.11. The van der Waals surface area contributed by atoms with E-state index in [1.165, 1.54) is 0 Å². The third-order valence-corrected chi connectivity index (χ3v) is 3.42. The maximum absolute atomic E-state index is 5.92. The largest absolute Gasteiger partial charge is 0.492 e. The quantitative estimate of drug-likeness (QED) is 0.771. The molecule has 2 rings (SSSR count). The first-order valence-electron chi connectivity index (χ1n) is 5.72. The molecule has 0 spiro atoms. The van der Waals surface area contributed by atoms with Gasteiger partial charge in [0.15, 0.2) is 0 Å². The van der Waals surface area contributed by atoms with E-state index < -0.39 is 0 Å². The Balaban J connectivity index is 1.77. The molecule has 0 aliphatic carbocycles. The van der Waals surface area contributed by atoms with Gasteiger partial charge in [0.2, 0.25) is 0 Å². The van der Waals surface area contributed by atoms with Crippen LogP contribution in [0, 0.1) is 0 Å². The summed E-state index contributed by atoms with van der Waals surface area (Å²) >= 11 is 17.6. The van der Waals surface area contributed by atoms with Gasteiger partial charge in [0.25, 0.3) is 0 Å². The number of nitrogens with one attached hydrogen (secondary N) is 1. The van der Waals surface area contributed by atoms with Crippen molar-refractivity contribution in [1.82, 2.24) is 0 Å². The molecule has 0 fully saturated rings. The Labute approximate surface area is 127 Å². The van der Waals surface area contributed by atoms with Crippen LogP contribution < -0.4 is 10.1 Å². The van der Waals surface area contributed by atoms with Crippen LogP contribution in [0.3, 0.4) is 0 Å². The summed E-state index contributed by atoms with van der Waals surface area (Å²) in [5.41, 5.74) is 0.911. The van der Waals surface area contributed by atoms with Gasteiger partial charge in [-0.2, -0.15) is 0 Å². The molecule has 2 aromatic carbocycles. The van der Waals surface area contributed by atoms with Crippen LogP contribution >= 0.6 is 34.8 Å². The lowest BCUT2D eigenvalue weighted by atomic mass is 10.3. The molecule has 19 heavy (non-hydrogen) atoms. The molecular weight excluding hydrogens is 305 g/mol. The summed E-state index contributed by atoms with van der Waals surface area (Å²) < 4.78 is 5.56. The Morgan fingerprint density at radius 3 is 2.32 bits per heavy atom. The second-order valence-electron chi connectivity index (χ2n) is 3.86. The van der Waals surface area contributed by atoms with E-state index >= 15 is 0 Å². The molecule has 2 aromatic rings. The zero-order valence-electron chi connectivity index (χ0n) is 10.00. The third-order valence-electron chi connectivity index (χ3n) is 2.43. The number of anilines is 1. The zero-order valence-corrected chi connectivity index (χ0v) is 12.3. The molecular formula is C14H12Cl3NO. The van der Waals surface area contributed by atoms with E-state index in [2.05, 4.69) is 5.32 Å². The Hall–Kier alpha value is -1.09. The first-order chi connectivity index (χ1) is 9.15. The average molecular weight is 317 g/mol. The van der Waals surface area contributed by atoms with Crippen molar-refractivity contribution in [3.05, 3.63) is 57.5 Å². The van der Waals surface area contributed by atoms with Gasteiger partial charge in [0, 0.05) is 17.3 Å². The number of rotatable bonds is 5. The fraction of sp³-hybridized carbons (Fsp3) is 0.143. The summed E-state index contributed by atoms with van der Waals surface area (Å²) in [6.07, 6.45) is 0. The zero-order chi connectivity index (χ0) is 13.7. The second kappa shape index (κ2) is 6.90. The van der Waals surface area contributed by atoms with Crippen molar-refractivity contribution in [1.29, 1.82) is 0 Å². The Kier molecular flexibility index (Phi) is 5.20. The molecule has 0 saturated carbocycles. The van der Waals surface area contributed by atoms with Crippen molar-refractivity contribution in [3.8, 4) is 5.75 Å². The Bertz CT molecular complexity index is 543. The summed E-state index contributed by atoms with van der Waals surface area (Å²) in [6, 6.07) is 12.7. The molecule has 0 radical (unpaired) electrons. The Morgan fingerprint density at radius 1 is 0.895 bits per heavy atom. The fourth-order valence-corrected chi connectivity index (χ4v) is 1.93. The molecule has 0 bridgehead atoms. The highest BCUT2D eigenvalue weighted by Crippen LogP contribution is 2.24. The van der Waals surface area contributed by atoms with Crippen LogP contribution in [0.15, 0.2) is 42.5 Å². The van der Waals surface area contributed by atoms with Crippen LogP contribution in [-0.2, 0) is 0 Å². The van der Waals surface area contributed by atoms with Gasteiger partial charge in [-0.15, -0.1) is 0 Å². The van der Waals surface area contributed by atoms with Gasteiger partial charge in [0.05, 0.1) is 10.0 Å². The van der Waals surface area contributed by atoms with Crippen molar-refractivity contribution in [2.24, 2.45) is 0 Å². The molecule has 0 aliphatic heterocycles. The molecule has 0 aromatic heterocycles. The van der Waals surface area contributed by atoms with Crippen molar-refractivity contribution in [2.75, 3.05) is 18.5 Å². The standard InChI is InChI=1S/C14H12Cl3NO/c15-10-1-4-12(5-2-10)19-8-7-18-11-3-6-13(16)14(17)9-11/h1-6,9,18H,7-8H2. The van der Waals surface area contributed by atoms with Crippen LogP contribution in [0.5, 0.6) is 5.75 Å². The van der Waals surface area contributed by atoms with Gasteiger partial charge < -0.3 is 10.1 Å². The SMILES string of the molecule is Clc1ccc(OCCNc2ccc(Cl)c(Cl)c2)cc1. The minimum Gasteiger partial charge on any atom is -0.492 e. The molecule has 100 valence electrons. The van der Waals surface area contributed by atoms with E-state index in [1.807, 2.05) is 18.2 Å². The predicted molar refractivity (Wildman–Crippen MR) is 81.9 cm³/mol. The normalized spacial score (nSPS) is 10.3. The minimum absolute atomic E-state index is 0.533. The maximum atomic E-state index is 5.92. The number of benzene rings is 2. The number of ether oxygens (including phenoxy) is 1. The van der Waals surface area contributed by atoms with Crippen molar-refractivity contribution >= 4 is 40.5 Å². The van der Waals surface area contributed by atoms with Crippen LogP contribution in [0.1, 0.15) is 0 Å². The van der Waals surface area contributed by atoms with E-state index in [4.69, 9.17) is 39.5 Å². The van der Waals surface area contributed by atoms with Crippen LogP contribution in [0.4, 0.5) is 5.69 Å². The highest BCUT2D eigenvalue weighted by Gasteiger charge is 1.99. The number of hydrogen-bond acceptors (Lipinski definition) is 2. The molecule has 0 aliphatic rings. The fourth-order valence-electron chi connectivity index (χ4n) is 1.50. The molecule has 5 heteroatoms. The van der Waals surface area contributed by atoms with Crippen molar-refractivity contribution in [2.45, 2.75) is 0 Å². The molecule has 0 heterocycles. The van der Waals surface area contributed by atoms with Crippen molar-refractivity contribution < 1.29 is 4.74 Å². The summed E-state index contributed by atoms with van der Waals surface area (Å²) in [5, 5.41) is 4.97. The minimum atomic E-state index is 0.533. The van der Waals surface area contributed by atoms with Crippen LogP contribution in [-0.4, -0.2) is 13.2 Å². The summed E-state index contributed by atoms with van der Waals surface area (Å²) in [5.74, 6) is 0.792. The van der Waals surface area contributed by atoms with Gasteiger partial charge in [0.1, 0.15) is 12.4 Å². The van der Waals surface area contributed by atoms with Gasteiger partial charge in [-0.1, -0.05) is 34.8 Å². The van der Waals surface area contributed by atoms with E-state index in [-0.39, 0.29) is 0 Å². The Morgan fingerprint density at radius 2 is 1.63 bits per heavy atom. The predicted octanol–water partition coefficient (Wildman–Crippen LogP) is 5.14. The maximum Gasteiger partial charge on any atom is 0.119 e. The van der Waals surface area contributed by atoms with Gasteiger partial charge in [-0.3, -0.25) is 0 Å². The number of halogens is 3. The van der Waals surface area contributed by atoms with Crippen molar-refractivity contribution in [3.63, 3.8) is 0 Å². The van der Waals surface area contributed by atoms with Gasteiger partial charge >= 0.3 is 0 Å². The van der Waals surface area contributed by atoms with E-state index in [0.717, 1.165) is 11.4 Å².